The molecule has 4 heteroatoms. The van der Waals surface area contributed by atoms with Crippen molar-refractivity contribution in [2.24, 2.45) is 0 Å². The van der Waals surface area contributed by atoms with Crippen molar-refractivity contribution >= 4 is 33.2 Å². The summed E-state index contributed by atoms with van der Waals surface area (Å²) in [5.41, 5.74) is 4.60. The number of rotatable bonds is 3. The van der Waals surface area contributed by atoms with Gasteiger partial charge in [0.1, 0.15) is 0 Å². The van der Waals surface area contributed by atoms with Gasteiger partial charge in [0.25, 0.3) is 0 Å². The summed E-state index contributed by atoms with van der Waals surface area (Å²) < 4.78 is 1.07. The topological polar surface area (TPSA) is 24.9 Å². The molecule has 18 heavy (non-hydrogen) atoms. The summed E-state index contributed by atoms with van der Waals surface area (Å²) in [5, 5.41) is 4.09. The molecule has 0 saturated carbocycles. The minimum Gasteiger partial charge on any atom is -0.380 e. The fourth-order valence-corrected chi connectivity index (χ4v) is 2.87. The molecule has 2 nitrogen and oxygen atoms in total. The zero-order valence-electron chi connectivity index (χ0n) is 10.3. The Hall–Kier alpha value is -1.06. The first-order valence-electron chi connectivity index (χ1n) is 5.67. The molecule has 2 rings (SSSR count). The Kier molecular flexibility index (Phi) is 4.25. The number of nitrogens with zero attached hydrogens (tertiary/aromatic N) is 1. The first-order chi connectivity index (χ1) is 8.58. The summed E-state index contributed by atoms with van der Waals surface area (Å²) in [7, 11) is 0. The van der Waals surface area contributed by atoms with Gasteiger partial charge in [-0.1, -0.05) is 17.7 Å². The Morgan fingerprint density at radius 1 is 1.33 bits per heavy atom. The molecule has 0 aliphatic heterocycles. The first-order valence-corrected chi connectivity index (χ1v) is 6.84. The number of hydrogen-bond acceptors (Lipinski definition) is 2. The molecule has 0 bridgehead atoms. The lowest BCUT2D eigenvalue weighted by atomic mass is 10.1. The molecule has 0 saturated heterocycles. The molecule has 1 aromatic heterocycles. The lowest BCUT2D eigenvalue weighted by molar-refractivity contribution is 1.11. The first kappa shape index (κ1) is 13.4. The van der Waals surface area contributed by atoms with Crippen LogP contribution in [0.2, 0.25) is 5.02 Å². The summed E-state index contributed by atoms with van der Waals surface area (Å²) in [6, 6.07) is 6.18. The van der Waals surface area contributed by atoms with Crippen molar-refractivity contribution in [2.45, 2.75) is 20.4 Å². The van der Waals surface area contributed by atoms with E-state index in [0.717, 1.165) is 15.7 Å². The Morgan fingerprint density at radius 3 is 2.78 bits per heavy atom. The Labute approximate surface area is 121 Å². The van der Waals surface area contributed by atoms with Crippen molar-refractivity contribution in [1.29, 1.82) is 0 Å². The highest BCUT2D eigenvalue weighted by molar-refractivity contribution is 9.10. The van der Waals surface area contributed by atoms with Gasteiger partial charge in [-0.2, -0.15) is 0 Å². The molecule has 0 amide bonds. The number of anilines is 1. The molecule has 0 fully saturated rings. The molecular formula is C14H14BrClN2. The van der Waals surface area contributed by atoms with Crippen LogP contribution in [0.15, 0.2) is 35.1 Å². The summed E-state index contributed by atoms with van der Waals surface area (Å²) in [5.74, 6) is 0. The molecule has 0 atom stereocenters. The molecule has 1 heterocycles. The van der Waals surface area contributed by atoms with Gasteiger partial charge in [-0.3, -0.25) is 4.98 Å². The van der Waals surface area contributed by atoms with Crippen molar-refractivity contribution in [3.8, 4) is 0 Å². The smallest absolute Gasteiger partial charge is 0.0639 e. The molecule has 0 unspecified atom stereocenters. The van der Waals surface area contributed by atoms with Gasteiger partial charge in [0.05, 0.1) is 10.7 Å². The molecule has 0 radical (unpaired) electrons. The number of pyridine rings is 1. The molecular weight excluding hydrogens is 312 g/mol. The fourth-order valence-electron chi connectivity index (χ4n) is 1.87. The van der Waals surface area contributed by atoms with Crippen molar-refractivity contribution in [3.05, 3.63) is 56.8 Å². The lowest BCUT2D eigenvalue weighted by Crippen LogP contribution is -2.03. The summed E-state index contributed by atoms with van der Waals surface area (Å²) in [6.07, 6.45) is 3.41. The molecule has 1 aromatic carbocycles. The number of nitrogens with one attached hydrogen (secondary N) is 1. The molecule has 0 spiro atoms. The second-order valence-corrected chi connectivity index (χ2v) is 5.52. The van der Waals surface area contributed by atoms with E-state index in [2.05, 4.69) is 52.2 Å². The summed E-state index contributed by atoms with van der Waals surface area (Å²) in [4.78, 5) is 3.98. The molecule has 94 valence electrons. The average Bonchev–Trinajstić information content (AvgIpc) is 2.30. The quantitative estimate of drug-likeness (QED) is 0.882. The zero-order chi connectivity index (χ0) is 13.1. The maximum absolute atomic E-state index is 6.08. The lowest BCUT2D eigenvalue weighted by Gasteiger charge is -2.13. The van der Waals surface area contributed by atoms with E-state index in [1.54, 1.807) is 12.4 Å². The predicted molar refractivity (Wildman–Crippen MR) is 80.2 cm³/mol. The van der Waals surface area contributed by atoms with E-state index in [4.69, 9.17) is 11.6 Å². The second-order valence-electron chi connectivity index (χ2n) is 4.26. The van der Waals surface area contributed by atoms with E-state index in [1.165, 1.54) is 11.1 Å². The molecule has 0 aliphatic rings. The number of halogens is 2. The molecule has 2 aromatic rings. The largest absolute Gasteiger partial charge is 0.380 e. The van der Waals surface area contributed by atoms with Crippen LogP contribution in [0.3, 0.4) is 0 Å². The average molecular weight is 326 g/mol. The zero-order valence-corrected chi connectivity index (χ0v) is 12.6. The van der Waals surface area contributed by atoms with Gasteiger partial charge in [-0.25, -0.2) is 0 Å². The van der Waals surface area contributed by atoms with Crippen LogP contribution in [0.4, 0.5) is 5.69 Å². The van der Waals surface area contributed by atoms with Crippen LogP contribution < -0.4 is 5.32 Å². The third kappa shape index (κ3) is 3.03. The van der Waals surface area contributed by atoms with Crippen LogP contribution in [0, 0.1) is 13.8 Å². The SMILES string of the molecule is Cc1cc(C)c(NCc2ccncc2Cl)c(Br)c1. The van der Waals surface area contributed by atoms with Gasteiger partial charge in [-0.05, 0) is 58.6 Å². The highest BCUT2D eigenvalue weighted by Gasteiger charge is 2.06. The van der Waals surface area contributed by atoms with E-state index in [0.29, 0.717) is 11.6 Å². The van der Waals surface area contributed by atoms with Crippen LogP contribution in [-0.2, 0) is 6.54 Å². The van der Waals surface area contributed by atoms with E-state index in [1.807, 2.05) is 6.07 Å². The molecule has 0 aliphatic carbocycles. The number of aromatic nitrogens is 1. The summed E-state index contributed by atoms with van der Waals surface area (Å²) >= 11 is 9.66. The standard InChI is InChI=1S/C14H14BrClN2/c1-9-5-10(2)14(12(15)6-9)18-7-11-3-4-17-8-13(11)16/h3-6,8,18H,7H2,1-2H3. The van der Waals surface area contributed by atoms with Crippen LogP contribution in [0.25, 0.3) is 0 Å². The molecule has 1 N–H and O–H groups in total. The van der Waals surface area contributed by atoms with E-state index in [-0.39, 0.29) is 0 Å². The van der Waals surface area contributed by atoms with Gasteiger partial charge < -0.3 is 5.32 Å². The van der Waals surface area contributed by atoms with E-state index >= 15 is 0 Å². The highest BCUT2D eigenvalue weighted by Crippen LogP contribution is 2.28. The predicted octanol–water partition coefficient (Wildman–Crippen LogP) is 4.73. The van der Waals surface area contributed by atoms with Gasteiger partial charge >= 0.3 is 0 Å². The van der Waals surface area contributed by atoms with Crippen molar-refractivity contribution < 1.29 is 0 Å². The van der Waals surface area contributed by atoms with Crippen molar-refractivity contribution in [2.75, 3.05) is 5.32 Å². The monoisotopic (exact) mass is 324 g/mol. The minimum absolute atomic E-state index is 0.684. The third-order valence-corrected chi connectivity index (χ3v) is 3.71. The van der Waals surface area contributed by atoms with Crippen molar-refractivity contribution in [3.63, 3.8) is 0 Å². The Morgan fingerprint density at radius 2 is 2.11 bits per heavy atom. The van der Waals surface area contributed by atoms with Gasteiger partial charge in [0.2, 0.25) is 0 Å². The van der Waals surface area contributed by atoms with Gasteiger partial charge in [0.15, 0.2) is 0 Å². The third-order valence-electron chi connectivity index (χ3n) is 2.74. The highest BCUT2D eigenvalue weighted by atomic mass is 79.9. The number of benzene rings is 1. The van der Waals surface area contributed by atoms with Gasteiger partial charge in [-0.15, -0.1) is 0 Å². The van der Waals surface area contributed by atoms with Crippen LogP contribution >= 0.6 is 27.5 Å². The Bertz CT molecular complexity index is 546. The number of aryl methyl sites for hydroxylation is 2. The van der Waals surface area contributed by atoms with E-state index < -0.39 is 0 Å². The summed E-state index contributed by atoms with van der Waals surface area (Å²) in [6.45, 7) is 4.86. The maximum atomic E-state index is 6.08. The van der Waals surface area contributed by atoms with Gasteiger partial charge in [0, 0.05) is 23.4 Å². The maximum Gasteiger partial charge on any atom is 0.0639 e. The minimum atomic E-state index is 0.684. The normalized spacial score (nSPS) is 10.4. The van der Waals surface area contributed by atoms with Crippen LogP contribution in [0.1, 0.15) is 16.7 Å². The second kappa shape index (κ2) is 5.72. The Balaban J connectivity index is 2.19. The van der Waals surface area contributed by atoms with Crippen LogP contribution in [-0.4, -0.2) is 4.98 Å². The van der Waals surface area contributed by atoms with Crippen LogP contribution in [0.5, 0.6) is 0 Å². The van der Waals surface area contributed by atoms with E-state index in [9.17, 15) is 0 Å². The van der Waals surface area contributed by atoms with Crippen molar-refractivity contribution in [1.82, 2.24) is 4.98 Å². The number of hydrogen-bond donors (Lipinski definition) is 1. The fraction of sp³-hybridized carbons (Fsp3) is 0.214.